The first-order valence-electron chi connectivity index (χ1n) is 1.41. The average Bonchev–Trinajstić information content (AvgIpc) is 1.27. The van der Waals surface area contributed by atoms with Gasteiger partial charge in [-0.05, 0) is 0 Å². The third kappa shape index (κ3) is 17.6. The van der Waals surface area contributed by atoms with Crippen molar-refractivity contribution in [2.75, 3.05) is 0 Å². The Balaban J connectivity index is -0.000000180. The fraction of sp³-hybridized carbons (Fsp3) is 0. The fourth-order valence-electron chi connectivity index (χ4n) is 0.0907. The van der Waals surface area contributed by atoms with E-state index in [1.54, 1.807) is 0 Å². The maximum absolute atomic E-state index is 9.16. The molecule has 0 heterocycles. The maximum Gasteiger partial charge on any atom is 2.00 e. The van der Waals surface area contributed by atoms with E-state index in [2.05, 4.69) is 4.57 Å². The zero-order valence-corrected chi connectivity index (χ0v) is 8.43. The third-order valence-corrected chi connectivity index (χ3v) is 0.222. The Morgan fingerprint density at radius 1 is 0.889 bits per heavy atom. The summed E-state index contributed by atoms with van der Waals surface area (Å²) in [5.74, 6) is 0. The number of hydrogen-bond acceptors (Lipinski definition) is 5. The summed E-state index contributed by atoms with van der Waals surface area (Å²) in [6, 6.07) is 0. The molecule has 0 fully saturated rings. The van der Waals surface area contributed by atoms with Crippen molar-refractivity contribution in [1.82, 2.24) is 0 Å². The minimum absolute atomic E-state index is 0. The predicted octanol–water partition coefficient (Wildman–Crippen LogP) is -5.59. The van der Waals surface area contributed by atoms with E-state index in [0.717, 1.165) is 0 Å². The summed E-state index contributed by atoms with van der Waals surface area (Å²) in [7, 11) is -5.50. The Labute approximate surface area is 76.0 Å². The molecule has 0 atom stereocenters. The van der Waals surface area contributed by atoms with Crippen LogP contribution < -0.4 is 20.1 Å². The molecule has 0 N–H and O–H groups in total. The van der Waals surface area contributed by atoms with Gasteiger partial charge in [0, 0.05) is 14.6 Å². The van der Waals surface area contributed by atoms with Gasteiger partial charge in [-0.15, -0.1) is 0 Å². The first kappa shape index (κ1) is 16.6. The molecule has 0 bridgehead atoms. The summed E-state index contributed by atoms with van der Waals surface area (Å²) >= 11 is 0. The second-order valence-electron chi connectivity index (χ2n) is 0.713. The molecule has 9 heavy (non-hydrogen) atoms. The van der Waals surface area contributed by atoms with Gasteiger partial charge in [0.25, 0.3) is 0 Å². The summed E-state index contributed by atoms with van der Waals surface area (Å²) in [6.07, 6.45) is 0. The van der Waals surface area contributed by atoms with E-state index < -0.39 is 14.6 Å². The molecular weight excluding hydrogens is 222 g/mol. The molecule has 0 aromatic carbocycles. The Bertz CT molecular complexity index is 44.2. The van der Waals surface area contributed by atoms with Gasteiger partial charge in [-0.1, -0.05) is 0 Å². The minimum Gasteiger partial charge on any atom is -0.872 e. The van der Waals surface area contributed by atoms with Crippen molar-refractivity contribution in [3.8, 4) is 0 Å². The molecular formula is B2MnO5Zn. The van der Waals surface area contributed by atoms with Crippen LogP contribution in [-0.2, 0) is 41.1 Å². The van der Waals surface area contributed by atoms with E-state index in [0.29, 0.717) is 0 Å². The van der Waals surface area contributed by atoms with Gasteiger partial charge >= 0.3 is 36.5 Å². The largest absolute Gasteiger partial charge is 2.00 e. The summed E-state index contributed by atoms with van der Waals surface area (Å²) < 4.78 is 3.03. The van der Waals surface area contributed by atoms with Gasteiger partial charge in [0.15, 0.2) is 0 Å². The molecule has 5 nitrogen and oxygen atoms in total. The van der Waals surface area contributed by atoms with Gasteiger partial charge in [0.2, 0.25) is 0 Å². The van der Waals surface area contributed by atoms with Gasteiger partial charge in [0.05, 0.1) is 0 Å². The molecule has 0 spiro atoms. The number of rotatable bonds is 2. The van der Waals surface area contributed by atoms with Gasteiger partial charge < -0.3 is 24.7 Å². The smallest absolute Gasteiger partial charge is 0.872 e. The standard InChI is InChI=1S/B2O5.Mn.Zn/c3-1(4)7-2(5)6;;/q-4;2*+2. The third-order valence-electron chi connectivity index (χ3n) is 0.222. The van der Waals surface area contributed by atoms with Crippen molar-refractivity contribution in [2.24, 2.45) is 0 Å². The van der Waals surface area contributed by atoms with Crippen molar-refractivity contribution in [2.45, 2.75) is 0 Å². The molecule has 0 rings (SSSR count). The molecule has 0 aliphatic carbocycles. The summed E-state index contributed by atoms with van der Waals surface area (Å²) in [5.41, 5.74) is 0. The number of hydrogen-bond donors (Lipinski definition) is 0. The topological polar surface area (TPSA) is 101 Å². The van der Waals surface area contributed by atoms with Crippen LogP contribution in [-0.4, -0.2) is 14.6 Å². The van der Waals surface area contributed by atoms with Crippen LogP contribution >= 0.6 is 0 Å². The maximum atomic E-state index is 9.16. The second-order valence-corrected chi connectivity index (χ2v) is 0.713. The van der Waals surface area contributed by atoms with Crippen molar-refractivity contribution in [3.63, 3.8) is 0 Å². The molecule has 0 unspecified atom stereocenters. The molecule has 1 radical (unpaired) electrons. The zero-order chi connectivity index (χ0) is 5.86. The molecule has 0 aliphatic rings. The van der Waals surface area contributed by atoms with Gasteiger partial charge in [-0.3, -0.25) is 0 Å². The quantitative estimate of drug-likeness (QED) is 0.433. The van der Waals surface area contributed by atoms with Crippen LogP contribution in [0.5, 0.6) is 0 Å². The fourth-order valence-corrected chi connectivity index (χ4v) is 0.0907. The zero-order valence-electron chi connectivity index (χ0n) is 4.28. The summed E-state index contributed by atoms with van der Waals surface area (Å²) in [4.78, 5) is 0. The van der Waals surface area contributed by atoms with Crippen molar-refractivity contribution < 1.29 is 61.2 Å². The molecule has 0 saturated carbocycles. The van der Waals surface area contributed by atoms with Gasteiger partial charge in [-0.2, -0.15) is 0 Å². The average molecular weight is 222 g/mol. The first-order chi connectivity index (χ1) is 3.13. The molecule has 45 valence electrons. The monoisotopic (exact) mass is 221 g/mol. The minimum atomic E-state index is -2.75. The summed E-state index contributed by atoms with van der Waals surface area (Å²) in [6.45, 7) is 0. The first-order valence-corrected chi connectivity index (χ1v) is 1.41. The van der Waals surface area contributed by atoms with Crippen LogP contribution in [0.25, 0.3) is 0 Å². The predicted molar refractivity (Wildman–Crippen MR) is 12.6 cm³/mol. The van der Waals surface area contributed by atoms with E-state index >= 15 is 0 Å². The SMILES string of the molecule is [Mn+2].[O-]B([O-])OB([O-])[O-].[Zn+2]. The molecule has 9 heteroatoms. The van der Waals surface area contributed by atoms with Crippen LogP contribution in [0.2, 0.25) is 0 Å². The molecule has 0 saturated heterocycles. The van der Waals surface area contributed by atoms with E-state index in [4.69, 9.17) is 20.1 Å². The molecule has 0 aromatic heterocycles. The Kier molecular flexibility index (Phi) is 16.7. The van der Waals surface area contributed by atoms with Crippen LogP contribution in [0.15, 0.2) is 0 Å². The van der Waals surface area contributed by atoms with Crippen LogP contribution in [0, 0.1) is 0 Å². The van der Waals surface area contributed by atoms with Gasteiger partial charge in [0.1, 0.15) is 0 Å². The van der Waals surface area contributed by atoms with Crippen LogP contribution in [0.3, 0.4) is 0 Å². The van der Waals surface area contributed by atoms with E-state index in [1.807, 2.05) is 0 Å². The Morgan fingerprint density at radius 2 is 1.11 bits per heavy atom. The van der Waals surface area contributed by atoms with Crippen LogP contribution in [0.4, 0.5) is 0 Å². The van der Waals surface area contributed by atoms with E-state index in [9.17, 15) is 0 Å². The molecule has 0 aromatic rings. The van der Waals surface area contributed by atoms with Crippen molar-refractivity contribution in [3.05, 3.63) is 0 Å². The molecule has 0 amide bonds. The normalized spacial score (nSPS) is 6.67. The molecule has 0 aliphatic heterocycles. The van der Waals surface area contributed by atoms with Gasteiger partial charge in [-0.25, -0.2) is 0 Å². The Morgan fingerprint density at radius 3 is 1.11 bits per heavy atom. The van der Waals surface area contributed by atoms with Crippen molar-refractivity contribution in [1.29, 1.82) is 0 Å². The van der Waals surface area contributed by atoms with E-state index in [-0.39, 0.29) is 36.5 Å². The van der Waals surface area contributed by atoms with Crippen LogP contribution in [0.1, 0.15) is 0 Å². The second kappa shape index (κ2) is 9.07. The van der Waals surface area contributed by atoms with E-state index in [1.165, 1.54) is 0 Å². The van der Waals surface area contributed by atoms with Crippen molar-refractivity contribution >= 4 is 14.6 Å². The summed E-state index contributed by atoms with van der Waals surface area (Å²) in [5, 5.41) is 36.6. The Hall–Kier alpha value is 1.07.